The van der Waals surface area contributed by atoms with Crippen LogP contribution in [0.4, 0.5) is 5.69 Å². The van der Waals surface area contributed by atoms with Crippen LogP contribution in [0.2, 0.25) is 0 Å². The molecule has 1 N–H and O–H groups in total. The molecular weight excluding hydrogens is 268 g/mol. The molecule has 7 heteroatoms. The number of rotatable bonds is 6. The summed E-state index contributed by atoms with van der Waals surface area (Å²) in [5, 5.41) is 10.6. The first-order chi connectivity index (χ1) is 8.90. The Labute approximate surface area is 112 Å². The highest BCUT2D eigenvalue weighted by atomic mass is 32.2. The Balaban J connectivity index is 3.04. The van der Waals surface area contributed by atoms with Crippen molar-refractivity contribution in [3.05, 3.63) is 34.4 Å². The average Bonchev–Trinajstić information content (AvgIpc) is 2.38. The predicted molar refractivity (Wildman–Crippen MR) is 70.9 cm³/mol. The van der Waals surface area contributed by atoms with Crippen molar-refractivity contribution in [2.75, 3.05) is 0 Å². The number of terminal acetylenes is 1. The first-order valence-corrected chi connectivity index (χ1v) is 7.12. The minimum Gasteiger partial charge on any atom is -0.258 e. The first-order valence-electron chi connectivity index (χ1n) is 5.63. The molecule has 102 valence electrons. The van der Waals surface area contributed by atoms with Gasteiger partial charge < -0.3 is 0 Å². The van der Waals surface area contributed by atoms with Crippen LogP contribution in [0.1, 0.15) is 19.8 Å². The molecule has 1 atom stereocenters. The van der Waals surface area contributed by atoms with E-state index in [-0.39, 0.29) is 10.6 Å². The van der Waals surface area contributed by atoms with Gasteiger partial charge in [0.15, 0.2) is 0 Å². The number of non-ortho nitro benzene ring substituents is 1. The lowest BCUT2D eigenvalue weighted by molar-refractivity contribution is -0.385. The van der Waals surface area contributed by atoms with Crippen LogP contribution >= 0.6 is 0 Å². The van der Waals surface area contributed by atoms with Crippen LogP contribution in [0.3, 0.4) is 0 Å². The lowest BCUT2D eigenvalue weighted by Crippen LogP contribution is -2.33. The molecular formula is C12H14N2O4S. The van der Waals surface area contributed by atoms with Crippen molar-refractivity contribution in [3.8, 4) is 12.3 Å². The van der Waals surface area contributed by atoms with Gasteiger partial charge in [0.25, 0.3) is 5.69 Å². The minimum atomic E-state index is -3.85. The summed E-state index contributed by atoms with van der Waals surface area (Å²) < 4.78 is 26.4. The van der Waals surface area contributed by atoms with Crippen LogP contribution in [-0.4, -0.2) is 19.4 Å². The first kappa shape index (κ1) is 15.1. The molecule has 0 bridgehead atoms. The molecule has 0 fully saturated rings. The van der Waals surface area contributed by atoms with Crippen molar-refractivity contribution in [2.24, 2.45) is 0 Å². The van der Waals surface area contributed by atoms with Gasteiger partial charge in [0, 0.05) is 12.1 Å². The summed E-state index contributed by atoms with van der Waals surface area (Å²) in [5.74, 6) is 2.34. The van der Waals surface area contributed by atoms with Gasteiger partial charge in [0.1, 0.15) is 0 Å². The standard InChI is InChI=1S/C12H14N2O4S/c1-3-6-10(4-2)13-19(17,18)12-8-5-7-11(9-12)14(15)16/h2,5,7-10,13H,3,6H2,1H3. The van der Waals surface area contributed by atoms with E-state index in [1.54, 1.807) is 0 Å². The van der Waals surface area contributed by atoms with Crippen molar-refractivity contribution in [1.29, 1.82) is 0 Å². The number of sulfonamides is 1. The van der Waals surface area contributed by atoms with Crippen molar-refractivity contribution in [3.63, 3.8) is 0 Å². The molecule has 1 unspecified atom stereocenters. The Morgan fingerprint density at radius 3 is 2.74 bits per heavy atom. The summed E-state index contributed by atoms with van der Waals surface area (Å²) >= 11 is 0. The van der Waals surface area contributed by atoms with Gasteiger partial charge in [-0.1, -0.05) is 25.3 Å². The monoisotopic (exact) mass is 282 g/mol. The normalized spacial score (nSPS) is 12.6. The molecule has 0 aliphatic heterocycles. The number of benzene rings is 1. The third kappa shape index (κ3) is 4.05. The SMILES string of the molecule is C#CC(CCC)NS(=O)(=O)c1cccc([N+](=O)[O-])c1. The van der Waals surface area contributed by atoms with Gasteiger partial charge in [-0.2, -0.15) is 4.72 Å². The maximum absolute atomic E-state index is 12.0. The average molecular weight is 282 g/mol. The quantitative estimate of drug-likeness (QED) is 0.488. The van der Waals surface area contributed by atoms with Gasteiger partial charge in [-0.05, 0) is 12.5 Å². The van der Waals surface area contributed by atoms with Crippen LogP contribution in [0, 0.1) is 22.5 Å². The molecule has 0 amide bonds. The van der Waals surface area contributed by atoms with Crippen LogP contribution in [0.5, 0.6) is 0 Å². The summed E-state index contributed by atoms with van der Waals surface area (Å²) in [5.41, 5.74) is -0.282. The van der Waals surface area contributed by atoms with Gasteiger partial charge in [0.05, 0.1) is 15.9 Å². The number of hydrogen-bond acceptors (Lipinski definition) is 4. The van der Waals surface area contributed by atoms with E-state index in [0.29, 0.717) is 6.42 Å². The van der Waals surface area contributed by atoms with Gasteiger partial charge in [0.2, 0.25) is 10.0 Å². The number of hydrogen-bond donors (Lipinski definition) is 1. The number of nitro groups is 1. The third-order valence-electron chi connectivity index (χ3n) is 2.41. The van der Waals surface area contributed by atoms with Crippen molar-refractivity contribution in [1.82, 2.24) is 4.72 Å². The second kappa shape index (κ2) is 6.31. The fourth-order valence-corrected chi connectivity index (χ4v) is 2.71. The summed E-state index contributed by atoms with van der Waals surface area (Å²) in [6.07, 6.45) is 6.47. The second-order valence-electron chi connectivity index (χ2n) is 3.88. The van der Waals surface area contributed by atoms with Crippen LogP contribution in [-0.2, 0) is 10.0 Å². The van der Waals surface area contributed by atoms with E-state index in [4.69, 9.17) is 6.42 Å². The zero-order chi connectivity index (χ0) is 14.5. The molecule has 6 nitrogen and oxygen atoms in total. The van der Waals surface area contributed by atoms with E-state index in [1.165, 1.54) is 18.2 Å². The fourth-order valence-electron chi connectivity index (χ4n) is 1.48. The molecule has 0 radical (unpaired) electrons. The molecule has 0 saturated carbocycles. The lowest BCUT2D eigenvalue weighted by Gasteiger charge is -2.12. The molecule has 1 rings (SSSR count). The highest BCUT2D eigenvalue weighted by Gasteiger charge is 2.20. The molecule has 0 spiro atoms. The Morgan fingerprint density at radius 1 is 1.53 bits per heavy atom. The summed E-state index contributed by atoms with van der Waals surface area (Å²) in [6, 6.07) is 4.21. The largest absolute Gasteiger partial charge is 0.270 e. The molecule has 0 heterocycles. The fraction of sp³-hybridized carbons (Fsp3) is 0.333. The molecule has 0 aromatic heterocycles. The predicted octanol–water partition coefficient (Wildman–Crippen LogP) is 1.68. The number of nitrogens with one attached hydrogen (secondary N) is 1. The van der Waals surface area contributed by atoms with Gasteiger partial charge >= 0.3 is 0 Å². The molecule has 0 aliphatic rings. The molecule has 19 heavy (non-hydrogen) atoms. The van der Waals surface area contributed by atoms with E-state index >= 15 is 0 Å². The van der Waals surface area contributed by atoms with Crippen molar-refractivity contribution < 1.29 is 13.3 Å². The van der Waals surface area contributed by atoms with Crippen LogP contribution < -0.4 is 4.72 Å². The Kier molecular flexibility index (Phi) is 5.03. The lowest BCUT2D eigenvalue weighted by atomic mass is 10.2. The van der Waals surface area contributed by atoms with Crippen molar-refractivity contribution >= 4 is 15.7 Å². The van der Waals surface area contributed by atoms with E-state index in [2.05, 4.69) is 10.6 Å². The summed E-state index contributed by atoms with van der Waals surface area (Å²) in [7, 11) is -3.85. The van der Waals surface area contributed by atoms with Crippen LogP contribution in [0.15, 0.2) is 29.2 Å². The van der Waals surface area contributed by atoms with Gasteiger partial charge in [-0.15, -0.1) is 6.42 Å². The second-order valence-corrected chi connectivity index (χ2v) is 5.60. The Morgan fingerprint density at radius 2 is 2.21 bits per heavy atom. The number of nitro benzene ring substituents is 1. The molecule has 0 aliphatic carbocycles. The number of nitrogens with zero attached hydrogens (tertiary/aromatic N) is 1. The van der Waals surface area contributed by atoms with Crippen LogP contribution in [0.25, 0.3) is 0 Å². The highest BCUT2D eigenvalue weighted by molar-refractivity contribution is 7.89. The van der Waals surface area contributed by atoms with E-state index in [1.807, 2.05) is 6.92 Å². The summed E-state index contributed by atoms with van der Waals surface area (Å²) in [4.78, 5) is 9.80. The van der Waals surface area contributed by atoms with Gasteiger partial charge in [-0.25, -0.2) is 8.42 Å². The third-order valence-corrected chi connectivity index (χ3v) is 3.88. The molecule has 0 saturated heterocycles. The molecule has 1 aromatic carbocycles. The Hall–Kier alpha value is -1.91. The summed E-state index contributed by atoms with van der Waals surface area (Å²) in [6.45, 7) is 1.88. The Bertz CT molecular complexity index is 604. The molecule has 1 aromatic rings. The maximum Gasteiger partial charge on any atom is 0.270 e. The van der Waals surface area contributed by atoms with E-state index in [9.17, 15) is 18.5 Å². The smallest absolute Gasteiger partial charge is 0.258 e. The minimum absolute atomic E-state index is 0.168. The topological polar surface area (TPSA) is 89.3 Å². The van der Waals surface area contributed by atoms with E-state index in [0.717, 1.165) is 12.5 Å². The zero-order valence-electron chi connectivity index (χ0n) is 10.4. The zero-order valence-corrected chi connectivity index (χ0v) is 11.2. The van der Waals surface area contributed by atoms with Crippen molar-refractivity contribution in [2.45, 2.75) is 30.7 Å². The maximum atomic E-state index is 12.0. The highest BCUT2D eigenvalue weighted by Crippen LogP contribution is 2.17. The van der Waals surface area contributed by atoms with E-state index < -0.39 is 21.0 Å². The van der Waals surface area contributed by atoms with Gasteiger partial charge in [-0.3, -0.25) is 10.1 Å².